The van der Waals surface area contributed by atoms with Gasteiger partial charge in [0.2, 0.25) is 0 Å². The molecule has 0 radical (unpaired) electrons. The second-order valence-electron chi connectivity index (χ2n) is 21.0. The fourth-order valence-corrected chi connectivity index (χ4v) is 9.51. The number of ether oxygens (including phenoxy) is 3. The topological polar surface area (TPSA) is 78.9 Å². The molecule has 1 atom stereocenters. The van der Waals surface area contributed by atoms with Gasteiger partial charge in [0.25, 0.3) is 0 Å². The summed E-state index contributed by atoms with van der Waals surface area (Å²) in [6, 6.07) is 0. The Morgan fingerprint density at radius 1 is 0.239 bits per heavy atom. The zero-order valence-electron chi connectivity index (χ0n) is 45.7. The molecule has 0 fully saturated rings. The van der Waals surface area contributed by atoms with Crippen LogP contribution in [0.15, 0.2) is 0 Å². The van der Waals surface area contributed by atoms with E-state index in [9.17, 15) is 14.4 Å². The Hall–Kier alpha value is -1.59. The van der Waals surface area contributed by atoms with E-state index in [0.717, 1.165) is 57.8 Å². The molecule has 6 heteroatoms. The summed E-state index contributed by atoms with van der Waals surface area (Å²) in [6.07, 6.45) is 64.3. The molecular formula is C61H118O6. The van der Waals surface area contributed by atoms with Crippen LogP contribution in [0.25, 0.3) is 0 Å². The van der Waals surface area contributed by atoms with E-state index in [1.54, 1.807) is 0 Å². The van der Waals surface area contributed by atoms with Crippen molar-refractivity contribution < 1.29 is 28.6 Å². The molecule has 6 nitrogen and oxygen atoms in total. The summed E-state index contributed by atoms with van der Waals surface area (Å²) >= 11 is 0. The molecule has 0 aliphatic carbocycles. The van der Waals surface area contributed by atoms with Crippen LogP contribution in [0, 0.1) is 0 Å². The minimum Gasteiger partial charge on any atom is -0.462 e. The first kappa shape index (κ1) is 65.4. The highest BCUT2D eigenvalue weighted by atomic mass is 16.6. The SMILES string of the molecule is CCCCCCCCCCCCCCCCCCCCCCCCCCCCCCCCC(=O)OCC(COC(=O)CCCCCCCCCC)OC(=O)CCCCCCCCCCCCC. The molecule has 0 saturated carbocycles. The molecule has 0 aromatic heterocycles. The molecule has 398 valence electrons. The lowest BCUT2D eigenvalue weighted by Gasteiger charge is -2.18. The summed E-state index contributed by atoms with van der Waals surface area (Å²) in [5, 5.41) is 0. The van der Waals surface area contributed by atoms with Crippen LogP contribution in [-0.2, 0) is 28.6 Å². The lowest BCUT2D eigenvalue weighted by atomic mass is 10.0. The molecule has 0 spiro atoms. The van der Waals surface area contributed by atoms with E-state index < -0.39 is 6.10 Å². The number of hydrogen-bond acceptors (Lipinski definition) is 6. The molecule has 0 bridgehead atoms. The number of esters is 3. The molecule has 0 N–H and O–H groups in total. The van der Waals surface area contributed by atoms with E-state index in [1.807, 2.05) is 0 Å². The maximum atomic E-state index is 12.8. The Labute approximate surface area is 418 Å². The van der Waals surface area contributed by atoms with Gasteiger partial charge in [0.15, 0.2) is 6.10 Å². The molecule has 67 heavy (non-hydrogen) atoms. The van der Waals surface area contributed by atoms with Crippen LogP contribution in [0.1, 0.15) is 355 Å². The predicted octanol–water partition coefficient (Wildman–Crippen LogP) is 20.3. The van der Waals surface area contributed by atoms with Crippen molar-refractivity contribution in [3.8, 4) is 0 Å². The van der Waals surface area contributed by atoms with Crippen molar-refractivity contribution in [3.63, 3.8) is 0 Å². The summed E-state index contributed by atoms with van der Waals surface area (Å²) < 4.78 is 16.8. The highest BCUT2D eigenvalue weighted by Crippen LogP contribution is 2.18. The van der Waals surface area contributed by atoms with Gasteiger partial charge in [-0.25, -0.2) is 0 Å². The van der Waals surface area contributed by atoms with E-state index in [1.165, 1.54) is 257 Å². The molecule has 0 rings (SSSR count). The first-order valence-electron chi connectivity index (χ1n) is 30.5. The van der Waals surface area contributed by atoms with E-state index in [4.69, 9.17) is 14.2 Å². The molecule has 1 unspecified atom stereocenters. The largest absolute Gasteiger partial charge is 0.462 e. The monoisotopic (exact) mass is 947 g/mol. The first-order chi connectivity index (χ1) is 33.0. The average Bonchev–Trinajstić information content (AvgIpc) is 3.33. The van der Waals surface area contributed by atoms with Crippen molar-refractivity contribution in [2.45, 2.75) is 361 Å². The summed E-state index contributed by atoms with van der Waals surface area (Å²) in [5.74, 6) is -0.844. The lowest BCUT2D eigenvalue weighted by molar-refractivity contribution is -0.167. The Kier molecular flexibility index (Phi) is 55.6. The van der Waals surface area contributed by atoms with Gasteiger partial charge in [-0.05, 0) is 19.3 Å². The second-order valence-corrected chi connectivity index (χ2v) is 21.0. The second kappa shape index (κ2) is 57.0. The van der Waals surface area contributed by atoms with E-state index in [2.05, 4.69) is 20.8 Å². The van der Waals surface area contributed by atoms with Gasteiger partial charge in [0.05, 0.1) is 0 Å². The Bertz CT molecular complexity index is 998. The average molecular weight is 948 g/mol. The van der Waals surface area contributed by atoms with Gasteiger partial charge in [0, 0.05) is 19.3 Å². The maximum Gasteiger partial charge on any atom is 0.306 e. The van der Waals surface area contributed by atoms with Crippen molar-refractivity contribution in [2.75, 3.05) is 13.2 Å². The van der Waals surface area contributed by atoms with Crippen molar-refractivity contribution in [3.05, 3.63) is 0 Å². The summed E-state index contributed by atoms with van der Waals surface area (Å²) in [5.41, 5.74) is 0. The standard InChI is InChI=1S/C61H118O6/c1-4-7-10-13-16-19-21-22-23-24-25-26-27-28-29-30-31-32-33-34-35-36-37-38-39-41-42-45-48-51-54-60(63)66-57-58(56-65-59(62)53-50-47-44-18-15-12-9-6-3)67-61(64)55-52-49-46-43-40-20-17-14-11-8-5-2/h58H,4-57H2,1-3H3. The van der Waals surface area contributed by atoms with Crippen LogP contribution < -0.4 is 0 Å². The van der Waals surface area contributed by atoms with Crippen LogP contribution in [-0.4, -0.2) is 37.2 Å². The van der Waals surface area contributed by atoms with Crippen LogP contribution in [0.2, 0.25) is 0 Å². The third-order valence-electron chi connectivity index (χ3n) is 14.1. The zero-order chi connectivity index (χ0) is 48.6. The molecule has 0 amide bonds. The predicted molar refractivity (Wildman–Crippen MR) is 289 cm³/mol. The third-order valence-corrected chi connectivity index (χ3v) is 14.1. The van der Waals surface area contributed by atoms with Gasteiger partial charge < -0.3 is 14.2 Å². The van der Waals surface area contributed by atoms with Gasteiger partial charge in [-0.1, -0.05) is 316 Å². The van der Waals surface area contributed by atoms with Crippen molar-refractivity contribution in [1.29, 1.82) is 0 Å². The number of hydrogen-bond donors (Lipinski definition) is 0. The smallest absolute Gasteiger partial charge is 0.306 e. The fourth-order valence-electron chi connectivity index (χ4n) is 9.51. The zero-order valence-corrected chi connectivity index (χ0v) is 45.7. The molecule has 0 aliphatic rings. The van der Waals surface area contributed by atoms with Crippen LogP contribution in [0.4, 0.5) is 0 Å². The maximum absolute atomic E-state index is 12.8. The van der Waals surface area contributed by atoms with Crippen molar-refractivity contribution in [2.24, 2.45) is 0 Å². The molecular weight excluding hydrogens is 829 g/mol. The molecule has 0 aromatic carbocycles. The highest BCUT2D eigenvalue weighted by Gasteiger charge is 2.19. The van der Waals surface area contributed by atoms with Gasteiger partial charge in [-0.15, -0.1) is 0 Å². The number of rotatable bonds is 57. The number of carbonyl (C=O) groups is 3. The lowest BCUT2D eigenvalue weighted by Crippen LogP contribution is -2.30. The Balaban J connectivity index is 3.93. The Morgan fingerprint density at radius 2 is 0.403 bits per heavy atom. The molecule has 0 saturated heterocycles. The summed E-state index contributed by atoms with van der Waals surface area (Å²) in [4.78, 5) is 37.9. The van der Waals surface area contributed by atoms with Crippen LogP contribution in [0.5, 0.6) is 0 Å². The van der Waals surface area contributed by atoms with Crippen molar-refractivity contribution >= 4 is 17.9 Å². The third kappa shape index (κ3) is 55.2. The molecule has 0 aliphatic heterocycles. The highest BCUT2D eigenvalue weighted by molar-refractivity contribution is 5.71. The van der Waals surface area contributed by atoms with Gasteiger partial charge in [-0.3, -0.25) is 14.4 Å². The van der Waals surface area contributed by atoms with Crippen molar-refractivity contribution in [1.82, 2.24) is 0 Å². The van der Waals surface area contributed by atoms with Gasteiger partial charge >= 0.3 is 17.9 Å². The van der Waals surface area contributed by atoms with Gasteiger partial charge in [0.1, 0.15) is 13.2 Å². The quantitative estimate of drug-likeness (QED) is 0.0343. The van der Waals surface area contributed by atoms with E-state index in [0.29, 0.717) is 19.3 Å². The molecule has 0 heterocycles. The van der Waals surface area contributed by atoms with E-state index >= 15 is 0 Å². The van der Waals surface area contributed by atoms with Crippen LogP contribution >= 0.6 is 0 Å². The summed E-state index contributed by atoms with van der Waals surface area (Å²) in [7, 11) is 0. The normalized spacial score (nSPS) is 11.9. The van der Waals surface area contributed by atoms with Crippen LogP contribution in [0.3, 0.4) is 0 Å². The summed E-state index contributed by atoms with van der Waals surface area (Å²) in [6.45, 7) is 6.66. The number of carbonyl (C=O) groups excluding carboxylic acids is 3. The first-order valence-corrected chi connectivity index (χ1v) is 30.5. The molecule has 0 aromatic rings. The Morgan fingerprint density at radius 3 is 0.597 bits per heavy atom. The number of unbranched alkanes of at least 4 members (excludes halogenated alkanes) is 46. The fraction of sp³-hybridized carbons (Fsp3) is 0.951. The minimum atomic E-state index is -0.759. The van der Waals surface area contributed by atoms with Gasteiger partial charge in [-0.2, -0.15) is 0 Å². The minimum absolute atomic E-state index is 0.0620. The van der Waals surface area contributed by atoms with E-state index in [-0.39, 0.29) is 31.1 Å².